The van der Waals surface area contributed by atoms with Crippen LogP contribution in [0.25, 0.3) is 0 Å². The Morgan fingerprint density at radius 2 is 2.04 bits per heavy atom. The van der Waals surface area contributed by atoms with Crippen molar-refractivity contribution in [2.75, 3.05) is 26.2 Å². The van der Waals surface area contributed by atoms with Crippen LogP contribution in [0.1, 0.15) is 18.4 Å². The van der Waals surface area contributed by atoms with Crippen molar-refractivity contribution in [3.8, 4) is 6.07 Å². The van der Waals surface area contributed by atoms with Gasteiger partial charge in [0.15, 0.2) is 0 Å². The van der Waals surface area contributed by atoms with Crippen LogP contribution in [0.3, 0.4) is 0 Å². The minimum absolute atomic E-state index is 0. The zero-order valence-electron chi connectivity index (χ0n) is 13.1. The Morgan fingerprint density at radius 3 is 2.62 bits per heavy atom. The third-order valence-corrected chi connectivity index (χ3v) is 5.70. The van der Waals surface area contributed by atoms with Gasteiger partial charge < -0.3 is 11.1 Å². The van der Waals surface area contributed by atoms with Crippen molar-refractivity contribution in [1.82, 2.24) is 9.62 Å². The number of nitrogens with two attached hydrogens (primary N) is 1. The fourth-order valence-corrected chi connectivity index (χ4v) is 4.09. The molecule has 1 unspecified atom stereocenters. The van der Waals surface area contributed by atoms with Crippen molar-refractivity contribution in [2.24, 2.45) is 11.7 Å². The zero-order valence-corrected chi connectivity index (χ0v) is 14.8. The standard InChI is InChI=1S/C15H20N4O3S.ClH/c16-7-8-18-15(20)13-2-1-9-19(11-13)23(21,22)14-5-3-12(10-17)4-6-14;/h3-6,13H,1-2,7-9,11,16H2,(H,18,20);1H. The van der Waals surface area contributed by atoms with Crippen molar-refractivity contribution >= 4 is 28.3 Å². The summed E-state index contributed by atoms with van der Waals surface area (Å²) in [4.78, 5) is 12.2. The van der Waals surface area contributed by atoms with Gasteiger partial charge in [0.2, 0.25) is 15.9 Å². The van der Waals surface area contributed by atoms with Crippen molar-refractivity contribution in [3.05, 3.63) is 29.8 Å². The third-order valence-electron chi connectivity index (χ3n) is 3.82. The summed E-state index contributed by atoms with van der Waals surface area (Å²) >= 11 is 0. The molecular formula is C15H21ClN4O3S. The van der Waals surface area contributed by atoms with E-state index in [1.165, 1.54) is 28.6 Å². The summed E-state index contributed by atoms with van der Waals surface area (Å²) in [5.41, 5.74) is 5.76. The van der Waals surface area contributed by atoms with Gasteiger partial charge in [0.05, 0.1) is 22.4 Å². The number of carbonyl (C=O) groups excluding carboxylic acids is 1. The smallest absolute Gasteiger partial charge is 0.243 e. The quantitative estimate of drug-likeness (QED) is 0.778. The van der Waals surface area contributed by atoms with E-state index in [-0.39, 0.29) is 35.7 Å². The minimum atomic E-state index is -3.65. The molecule has 3 N–H and O–H groups in total. The number of amides is 1. The molecule has 7 nitrogen and oxygen atoms in total. The fourth-order valence-electron chi connectivity index (χ4n) is 2.56. The summed E-state index contributed by atoms with van der Waals surface area (Å²) in [5.74, 6) is -0.515. The first-order chi connectivity index (χ1) is 11.0. The highest BCUT2D eigenvalue weighted by atomic mass is 35.5. The summed E-state index contributed by atoms with van der Waals surface area (Å²) < 4.78 is 26.7. The molecule has 1 aliphatic rings. The normalized spacial score (nSPS) is 18.2. The lowest BCUT2D eigenvalue weighted by Crippen LogP contribution is -2.46. The predicted molar refractivity (Wildman–Crippen MR) is 92.0 cm³/mol. The SMILES string of the molecule is Cl.N#Cc1ccc(S(=O)(=O)N2CCCC(C(=O)NCCN)C2)cc1. The first kappa shape index (κ1) is 20.4. The van der Waals surface area contributed by atoms with Crippen LogP contribution in [0.15, 0.2) is 29.2 Å². The van der Waals surface area contributed by atoms with E-state index in [1.54, 1.807) is 0 Å². The molecule has 0 aliphatic carbocycles. The van der Waals surface area contributed by atoms with E-state index in [1.807, 2.05) is 6.07 Å². The average molecular weight is 373 g/mol. The monoisotopic (exact) mass is 372 g/mol. The molecule has 1 aliphatic heterocycles. The number of hydrogen-bond donors (Lipinski definition) is 2. The molecule has 1 fully saturated rings. The topological polar surface area (TPSA) is 116 Å². The van der Waals surface area contributed by atoms with E-state index < -0.39 is 10.0 Å². The molecule has 24 heavy (non-hydrogen) atoms. The Labute approximate surface area is 148 Å². The number of nitrogens with zero attached hydrogens (tertiary/aromatic N) is 2. The molecule has 0 spiro atoms. The minimum Gasteiger partial charge on any atom is -0.355 e. The lowest BCUT2D eigenvalue weighted by molar-refractivity contribution is -0.126. The maximum Gasteiger partial charge on any atom is 0.243 e. The van der Waals surface area contributed by atoms with Gasteiger partial charge in [-0.25, -0.2) is 8.42 Å². The second kappa shape index (κ2) is 8.99. The highest BCUT2D eigenvalue weighted by Crippen LogP contribution is 2.24. The molecule has 0 radical (unpaired) electrons. The van der Waals surface area contributed by atoms with Crippen LogP contribution in [-0.2, 0) is 14.8 Å². The highest BCUT2D eigenvalue weighted by molar-refractivity contribution is 7.89. The lowest BCUT2D eigenvalue weighted by atomic mass is 9.99. The van der Waals surface area contributed by atoms with Crippen LogP contribution >= 0.6 is 12.4 Å². The molecule has 1 amide bonds. The van der Waals surface area contributed by atoms with Crippen LogP contribution in [0.4, 0.5) is 0 Å². The largest absolute Gasteiger partial charge is 0.355 e. The Morgan fingerprint density at radius 1 is 1.38 bits per heavy atom. The van der Waals surface area contributed by atoms with Crippen LogP contribution in [0.2, 0.25) is 0 Å². The number of halogens is 1. The van der Waals surface area contributed by atoms with Gasteiger partial charge in [0, 0.05) is 26.2 Å². The van der Waals surface area contributed by atoms with Gasteiger partial charge in [-0.15, -0.1) is 12.4 Å². The number of piperidine rings is 1. The average Bonchev–Trinajstić information content (AvgIpc) is 2.59. The van der Waals surface area contributed by atoms with Crippen molar-refractivity contribution < 1.29 is 13.2 Å². The van der Waals surface area contributed by atoms with Gasteiger partial charge in [-0.1, -0.05) is 0 Å². The van der Waals surface area contributed by atoms with Crippen LogP contribution in [0.5, 0.6) is 0 Å². The first-order valence-corrected chi connectivity index (χ1v) is 8.91. The Bertz CT molecular complexity index is 700. The van der Waals surface area contributed by atoms with Gasteiger partial charge in [-0.05, 0) is 37.1 Å². The van der Waals surface area contributed by atoms with Gasteiger partial charge in [0.1, 0.15) is 0 Å². The first-order valence-electron chi connectivity index (χ1n) is 7.47. The summed E-state index contributed by atoms with van der Waals surface area (Å²) in [5, 5.41) is 11.5. The van der Waals surface area contributed by atoms with Gasteiger partial charge in [-0.2, -0.15) is 9.57 Å². The highest BCUT2D eigenvalue weighted by Gasteiger charge is 2.33. The summed E-state index contributed by atoms with van der Waals surface area (Å²) in [7, 11) is -3.65. The van der Waals surface area contributed by atoms with E-state index in [4.69, 9.17) is 11.0 Å². The Kier molecular flexibility index (Phi) is 7.63. The molecule has 0 saturated carbocycles. The van der Waals surface area contributed by atoms with Crippen LogP contribution in [0, 0.1) is 17.2 Å². The number of nitrogens with one attached hydrogen (secondary N) is 1. The number of rotatable bonds is 5. The lowest BCUT2D eigenvalue weighted by Gasteiger charge is -2.31. The van der Waals surface area contributed by atoms with E-state index in [0.29, 0.717) is 38.0 Å². The molecule has 1 atom stereocenters. The van der Waals surface area contributed by atoms with E-state index in [0.717, 1.165) is 0 Å². The summed E-state index contributed by atoms with van der Waals surface area (Å²) in [6, 6.07) is 7.75. The number of nitriles is 1. The molecule has 2 rings (SSSR count). The molecule has 1 heterocycles. The summed E-state index contributed by atoms with van der Waals surface area (Å²) in [6.07, 6.45) is 1.30. The van der Waals surface area contributed by atoms with E-state index in [9.17, 15) is 13.2 Å². The molecule has 0 aromatic heterocycles. The maximum atomic E-state index is 12.7. The van der Waals surface area contributed by atoms with E-state index in [2.05, 4.69) is 5.32 Å². The number of hydrogen-bond acceptors (Lipinski definition) is 5. The zero-order chi connectivity index (χ0) is 16.9. The van der Waals surface area contributed by atoms with Crippen molar-refractivity contribution in [3.63, 3.8) is 0 Å². The Balaban J connectivity index is 0.00000288. The molecule has 1 saturated heterocycles. The van der Waals surface area contributed by atoms with Crippen molar-refractivity contribution in [1.29, 1.82) is 5.26 Å². The molecular weight excluding hydrogens is 352 g/mol. The van der Waals surface area contributed by atoms with Crippen LogP contribution < -0.4 is 11.1 Å². The van der Waals surface area contributed by atoms with Crippen LogP contribution in [-0.4, -0.2) is 44.8 Å². The summed E-state index contributed by atoms with van der Waals surface area (Å²) in [6.45, 7) is 1.30. The number of carbonyl (C=O) groups is 1. The van der Waals surface area contributed by atoms with Gasteiger partial charge in [0.25, 0.3) is 0 Å². The van der Waals surface area contributed by atoms with Crippen molar-refractivity contribution in [2.45, 2.75) is 17.7 Å². The van der Waals surface area contributed by atoms with Gasteiger partial charge >= 0.3 is 0 Å². The molecule has 1 aromatic rings. The second-order valence-corrected chi connectivity index (χ2v) is 7.36. The second-order valence-electron chi connectivity index (χ2n) is 5.42. The Hall–Kier alpha value is -1.66. The fraction of sp³-hybridized carbons (Fsp3) is 0.467. The molecule has 132 valence electrons. The molecule has 0 bridgehead atoms. The van der Waals surface area contributed by atoms with Gasteiger partial charge in [-0.3, -0.25) is 4.79 Å². The number of benzene rings is 1. The number of sulfonamides is 1. The molecule has 1 aromatic carbocycles. The predicted octanol–water partition coefficient (Wildman–Crippen LogP) is 0.456. The maximum absolute atomic E-state index is 12.7. The third kappa shape index (κ3) is 4.68. The van der Waals surface area contributed by atoms with E-state index >= 15 is 0 Å². The molecule has 9 heteroatoms.